The van der Waals surface area contributed by atoms with Crippen molar-refractivity contribution in [3.63, 3.8) is 0 Å². The number of rotatable bonds is 2. The molecule has 1 aliphatic carbocycles. The Morgan fingerprint density at radius 3 is 2.53 bits per heavy atom. The third kappa shape index (κ3) is 3.11. The van der Waals surface area contributed by atoms with Crippen LogP contribution >= 0.6 is 0 Å². The second-order valence-electron chi connectivity index (χ2n) is 5.09. The molecule has 88 valence electrons. The fourth-order valence-electron chi connectivity index (χ4n) is 2.56. The maximum absolute atomic E-state index is 12.7. The maximum atomic E-state index is 12.7. The smallest absolute Gasteiger partial charge is 0.248 e. The number of likely N-dealkylation sites (N-methyl/N-ethyl adjacent to an activating group) is 1. The minimum absolute atomic E-state index is 0.110. The summed E-state index contributed by atoms with van der Waals surface area (Å²) in [7, 11) is 2.13. The molecule has 1 aliphatic heterocycles. The monoisotopic (exact) mass is 218 g/mol. The highest BCUT2D eigenvalue weighted by molar-refractivity contribution is 4.88. The van der Waals surface area contributed by atoms with Gasteiger partial charge in [0.05, 0.1) is 0 Å². The fourth-order valence-corrected chi connectivity index (χ4v) is 2.56. The van der Waals surface area contributed by atoms with Crippen LogP contribution in [-0.4, -0.2) is 55.5 Å². The quantitative estimate of drug-likeness (QED) is 0.695. The molecule has 15 heavy (non-hydrogen) atoms. The highest BCUT2D eigenvalue weighted by Crippen LogP contribution is 2.42. The first-order valence-corrected chi connectivity index (χ1v) is 5.84. The Labute approximate surface area is 90.2 Å². The van der Waals surface area contributed by atoms with E-state index in [-0.39, 0.29) is 18.8 Å². The van der Waals surface area contributed by atoms with E-state index in [1.807, 2.05) is 0 Å². The van der Waals surface area contributed by atoms with E-state index in [2.05, 4.69) is 16.8 Å². The topological polar surface area (TPSA) is 6.48 Å². The molecule has 0 N–H and O–H groups in total. The first kappa shape index (κ1) is 11.3. The van der Waals surface area contributed by atoms with Crippen molar-refractivity contribution in [2.24, 2.45) is 5.92 Å². The Kier molecular flexibility index (Phi) is 3.26. The number of alkyl halides is 2. The molecule has 1 heterocycles. The second kappa shape index (κ2) is 4.34. The van der Waals surface area contributed by atoms with Gasteiger partial charge in [-0.2, -0.15) is 0 Å². The molecule has 0 aromatic carbocycles. The van der Waals surface area contributed by atoms with E-state index in [1.165, 1.54) is 6.42 Å². The molecule has 4 heteroatoms. The van der Waals surface area contributed by atoms with Crippen LogP contribution < -0.4 is 0 Å². The summed E-state index contributed by atoms with van der Waals surface area (Å²) in [5.74, 6) is -2.11. The van der Waals surface area contributed by atoms with Crippen molar-refractivity contribution in [1.29, 1.82) is 0 Å². The molecular weight excluding hydrogens is 198 g/mol. The first-order chi connectivity index (χ1) is 7.05. The first-order valence-electron chi connectivity index (χ1n) is 5.84. The molecule has 0 radical (unpaired) electrons. The summed E-state index contributed by atoms with van der Waals surface area (Å²) in [6, 6.07) is 0. The molecule has 2 nitrogen and oxygen atoms in total. The van der Waals surface area contributed by atoms with Crippen LogP contribution in [0.4, 0.5) is 8.78 Å². The molecule has 0 amide bonds. The number of halogens is 2. The Balaban J connectivity index is 1.71. The molecule has 0 atom stereocenters. The molecule has 0 aromatic heterocycles. The van der Waals surface area contributed by atoms with Gasteiger partial charge in [-0.25, -0.2) is 8.78 Å². The minimum atomic E-state index is -2.35. The van der Waals surface area contributed by atoms with Crippen molar-refractivity contribution in [2.45, 2.75) is 25.2 Å². The number of hydrogen-bond acceptors (Lipinski definition) is 2. The van der Waals surface area contributed by atoms with Crippen molar-refractivity contribution in [2.75, 3.05) is 39.8 Å². The molecule has 1 saturated heterocycles. The van der Waals surface area contributed by atoms with Gasteiger partial charge in [0.2, 0.25) is 5.92 Å². The third-order valence-electron chi connectivity index (χ3n) is 3.50. The number of hydrogen-bond donors (Lipinski definition) is 0. The Morgan fingerprint density at radius 2 is 1.87 bits per heavy atom. The summed E-state index contributed by atoms with van der Waals surface area (Å²) in [4.78, 5) is 4.67. The van der Waals surface area contributed by atoms with Crippen LogP contribution in [0.15, 0.2) is 0 Å². The van der Waals surface area contributed by atoms with Crippen molar-refractivity contribution >= 4 is 0 Å². The SMILES string of the molecule is CN1CCCN(CC2CC(F)(F)C2)CC1. The van der Waals surface area contributed by atoms with Crippen LogP contribution in [-0.2, 0) is 0 Å². The van der Waals surface area contributed by atoms with Crippen molar-refractivity contribution < 1.29 is 8.78 Å². The van der Waals surface area contributed by atoms with Gasteiger partial charge in [-0.3, -0.25) is 0 Å². The average molecular weight is 218 g/mol. The Morgan fingerprint density at radius 1 is 1.13 bits per heavy atom. The van der Waals surface area contributed by atoms with Gasteiger partial charge in [0.25, 0.3) is 0 Å². The summed E-state index contributed by atoms with van der Waals surface area (Å²) < 4.78 is 25.3. The van der Waals surface area contributed by atoms with Gasteiger partial charge in [-0.05, 0) is 32.5 Å². The predicted octanol–water partition coefficient (Wildman–Crippen LogP) is 1.67. The van der Waals surface area contributed by atoms with Crippen LogP contribution in [0, 0.1) is 5.92 Å². The van der Waals surface area contributed by atoms with Gasteiger partial charge < -0.3 is 9.80 Å². The highest BCUT2D eigenvalue weighted by Gasteiger charge is 2.45. The second-order valence-corrected chi connectivity index (χ2v) is 5.09. The van der Waals surface area contributed by atoms with E-state index >= 15 is 0 Å². The molecule has 0 spiro atoms. The van der Waals surface area contributed by atoms with E-state index in [4.69, 9.17) is 0 Å². The summed E-state index contributed by atoms with van der Waals surface area (Å²) in [6.45, 7) is 5.20. The molecule has 2 fully saturated rings. The zero-order chi connectivity index (χ0) is 10.9. The van der Waals surface area contributed by atoms with E-state index < -0.39 is 5.92 Å². The lowest BCUT2D eigenvalue weighted by Gasteiger charge is -2.38. The van der Waals surface area contributed by atoms with Gasteiger partial charge in [0, 0.05) is 32.5 Å². The zero-order valence-electron chi connectivity index (χ0n) is 9.38. The maximum Gasteiger partial charge on any atom is 0.248 e. The van der Waals surface area contributed by atoms with E-state index in [9.17, 15) is 8.78 Å². The number of nitrogens with zero attached hydrogens (tertiary/aromatic N) is 2. The van der Waals surface area contributed by atoms with Gasteiger partial charge in [0.15, 0.2) is 0 Å². The molecular formula is C11H20F2N2. The molecule has 2 aliphatic rings. The van der Waals surface area contributed by atoms with Gasteiger partial charge >= 0.3 is 0 Å². The summed E-state index contributed by atoms with van der Waals surface area (Å²) >= 11 is 0. The average Bonchev–Trinajstić information content (AvgIpc) is 2.28. The lowest BCUT2D eigenvalue weighted by molar-refractivity contribution is -0.116. The van der Waals surface area contributed by atoms with Crippen molar-refractivity contribution in [3.05, 3.63) is 0 Å². The Bertz CT molecular complexity index is 213. The van der Waals surface area contributed by atoms with Crippen molar-refractivity contribution in [3.8, 4) is 0 Å². The molecule has 2 rings (SSSR count). The van der Waals surface area contributed by atoms with Crippen LogP contribution in [0.1, 0.15) is 19.3 Å². The largest absolute Gasteiger partial charge is 0.305 e. The predicted molar refractivity (Wildman–Crippen MR) is 56.2 cm³/mol. The lowest BCUT2D eigenvalue weighted by atomic mass is 9.81. The van der Waals surface area contributed by atoms with Crippen LogP contribution in [0.25, 0.3) is 0 Å². The molecule has 1 saturated carbocycles. The summed E-state index contributed by atoms with van der Waals surface area (Å²) in [5, 5.41) is 0. The lowest BCUT2D eigenvalue weighted by Crippen LogP contribution is -2.43. The van der Waals surface area contributed by atoms with Crippen LogP contribution in [0.5, 0.6) is 0 Å². The molecule has 0 bridgehead atoms. The van der Waals surface area contributed by atoms with Gasteiger partial charge in [-0.1, -0.05) is 0 Å². The fraction of sp³-hybridized carbons (Fsp3) is 1.00. The Hall–Kier alpha value is -0.220. The summed E-state index contributed by atoms with van der Waals surface area (Å²) in [6.07, 6.45) is 1.39. The third-order valence-corrected chi connectivity index (χ3v) is 3.50. The van der Waals surface area contributed by atoms with Gasteiger partial charge in [-0.15, -0.1) is 0 Å². The van der Waals surface area contributed by atoms with Crippen LogP contribution in [0.2, 0.25) is 0 Å². The minimum Gasteiger partial charge on any atom is -0.305 e. The normalized spacial score (nSPS) is 29.8. The van der Waals surface area contributed by atoms with E-state index in [0.29, 0.717) is 0 Å². The zero-order valence-corrected chi connectivity index (χ0v) is 9.38. The van der Waals surface area contributed by atoms with E-state index in [1.54, 1.807) is 0 Å². The van der Waals surface area contributed by atoms with E-state index in [0.717, 1.165) is 32.7 Å². The van der Waals surface area contributed by atoms with Gasteiger partial charge in [0.1, 0.15) is 0 Å². The standard InChI is InChI=1S/C11H20F2N2/c1-14-3-2-4-15(6-5-14)9-10-7-11(12,13)8-10/h10H,2-9H2,1H3. The van der Waals surface area contributed by atoms with Crippen LogP contribution in [0.3, 0.4) is 0 Å². The highest BCUT2D eigenvalue weighted by atomic mass is 19.3. The summed E-state index contributed by atoms with van der Waals surface area (Å²) in [5.41, 5.74) is 0. The molecule has 0 unspecified atom stereocenters. The van der Waals surface area contributed by atoms with Crippen molar-refractivity contribution in [1.82, 2.24) is 9.80 Å². The molecule has 0 aromatic rings.